The second kappa shape index (κ2) is 6.88. The van der Waals surface area contributed by atoms with E-state index in [4.69, 9.17) is 0 Å². The van der Waals surface area contributed by atoms with Gasteiger partial charge in [0.05, 0.1) is 0 Å². The van der Waals surface area contributed by atoms with Crippen LogP contribution >= 0.6 is 0 Å². The Bertz CT molecular complexity index is 236. The van der Waals surface area contributed by atoms with Crippen molar-refractivity contribution in [3.8, 4) is 0 Å². The lowest BCUT2D eigenvalue weighted by atomic mass is 9.91. The molecule has 0 saturated carbocycles. The molecule has 2 heterocycles. The van der Waals surface area contributed by atoms with Gasteiger partial charge < -0.3 is 15.1 Å². The summed E-state index contributed by atoms with van der Waals surface area (Å²) in [5, 5.41) is 3.63. The van der Waals surface area contributed by atoms with Gasteiger partial charge in [-0.05, 0) is 64.3 Å². The number of hydrogen-bond acceptors (Lipinski definition) is 3. The predicted molar refractivity (Wildman–Crippen MR) is 77.9 cm³/mol. The molecule has 0 aromatic carbocycles. The van der Waals surface area contributed by atoms with Crippen LogP contribution < -0.4 is 5.32 Å². The van der Waals surface area contributed by atoms with Crippen LogP contribution in [0.25, 0.3) is 0 Å². The summed E-state index contributed by atoms with van der Waals surface area (Å²) < 4.78 is 0. The van der Waals surface area contributed by atoms with Gasteiger partial charge in [0, 0.05) is 19.1 Å². The van der Waals surface area contributed by atoms with E-state index in [0.717, 1.165) is 24.4 Å². The van der Waals surface area contributed by atoms with Crippen LogP contribution in [-0.2, 0) is 0 Å². The first kappa shape index (κ1) is 14.3. The summed E-state index contributed by atoms with van der Waals surface area (Å²) in [6.45, 7) is 12.3. The first-order valence-electron chi connectivity index (χ1n) is 7.83. The molecule has 2 aliphatic heterocycles. The number of nitrogens with zero attached hydrogens (tertiary/aromatic N) is 2. The van der Waals surface area contributed by atoms with Crippen molar-refractivity contribution in [3.05, 3.63) is 0 Å². The quantitative estimate of drug-likeness (QED) is 0.822. The zero-order valence-corrected chi connectivity index (χ0v) is 12.5. The molecule has 3 heteroatoms. The summed E-state index contributed by atoms with van der Waals surface area (Å²) in [6.07, 6.45) is 4.14. The topological polar surface area (TPSA) is 18.5 Å². The fourth-order valence-corrected chi connectivity index (χ4v) is 3.57. The van der Waals surface area contributed by atoms with E-state index < -0.39 is 0 Å². The maximum Gasteiger partial charge on any atom is 0.0117 e. The van der Waals surface area contributed by atoms with Gasteiger partial charge in [-0.15, -0.1) is 0 Å². The van der Waals surface area contributed by atoms with E-state index >= 15 is 0 Å². The lowest BCUT2D eigenvalue weighted by Crippen LogP contribution is -2.49. The largest absolute Gasteiger partial charge is 0.314 e. The average Bonchev–Trinajstić information content (AvgIpc) is 2.36. The van der Waals surface area contributed by atoms with Crippen LogP contribution in [0.4, 0.5) is 0 Å². The van der Waals surface area contributed by atoms with Gasteiger partial charge in [-0.25, -0.2) is 0 Å². The van der Waals surface area contributed by atoms with Crippen molar-refractivity contribution in [1.29, 1.82) is 0 Å². The standard InChI is InChI=1S/C15H31N3/c1-4-16-15-7-10-18(11-13(15)2)12-14-5-8-17(3)9-6-14/h13-16H,4-12H2,1-3H3. The van der Waals surface area contributed by atoms with Crippen molar-refractivity contribution in [2.24, 2.45) is 11.8 Å². The number of piperidine rings is 2. The van der Waals surface area contributed by atoms with Crippen LogP contribution in [0.3, 0.4) is 0 Å². The SMILES string of the molecule is CCNC1CCN(CC2CCN(C)CC2)CC1C. The Balaban J connectivity index is 1.72. The second-order valence-corrected chi connectivity index (χ2v) is 6.44. The first-order valence-corrected chi connectivity index (χ1v) is 7.83. The van der Waals surface area contributed by atoms with Gasteiger partial charge >= 0.3 is 0 Å². The molecule has 2 atom stereocenters. The molecule has 2 aliphatic rings. The van der Waals surface area contributed by atoms with Crippen molar-refractivity contribution < 1.29 is 0 Å². The smallest absolute Gasteiger partial charge is 0.0117 e. The van der Waals surface area contributed by atoms with Crippen molar-refractivity contribution >= 4 is 0 Å². The molecule has 2 fully saturated rings. The maximum atomic E-state index is 3.63. The van der Waals surface area contributed by atoms with E-state index in [1.807, 2.05) is 0 Å². The van der Waals surface area contributed by atoms with Crippen LogP contribution in [0.2, 0.25) is 0 Å². The molecule has 0 spiro atoms. The molecular weight excluding hydrogens is 222 g/mol. The Morgan fingerprint density at radius 3 is 2.44 bits per heavy atom. The fraction of sp³-hybridized carbons (Fsp3) is 1.00. The number of likely N-dealkylation sites (tertiary alicyclic amines) is 2. The molecule has 18 heavy (non-hydrogen) atoms. The Morgan fingerprint density at radius 2 is 1.83 bits per heavy atom. The Hall–Kier alpha value is -0.120. The lowest BCUT2D eigenvalue weighted by Gasteiger charge is -2.40. The molecule has 0 aromatic rings. The zero-order valence-electron chi connectivity index (χ0n) is 12.5. The van der Waals surface area contributed by atoms with Gasteiger partial charge in [0.15, 0.2) is 0 Å². The highest BCUT2D eigenvalue weighted by Crippen LogP contribution is 2.22. The summed E-state index contributed by atoms with van der Waals surface area (Å²) in [4.78, 5) is 5.19. The highest BCUT2D eigenvalue weighted by Gasteiger charge is 2.27. The summed E-state index contributed by atoms with van der Waals surface area (Å²) >= 11 is 0. The Morgan fingerprint density at radius 1 is 1.11 bits per heavy atom. The molecule has 0 radical (unpaired) electrons. The minimum absolute atomic E-state index is 0.753. The minimum Gasteiger partial charge on any atom is -0.314 e. The first-order chi connectivity index (χ1) is 8.69. The van der Waals surface area contributed by atoms with E-state index in [2.05, 4.69) is 36.0 Å². The maximum absolute atomic E-state index is 3.63. The zero-order chi connectivity index (χ0) is 13.0. The van der Waals surface area contributed by atoms with Gasteiger partial charge in [-0.3, -0.25) is 0 Å². The number of rotatable bonds is 4. The Labute approximate surface area is 113 Å². The van der Waals surface area contributed by atoms with E-state index in [9.17, 15) is 0 Å². The summed E-state index contributed by atoms with van der Waals surface area (Å²) in [5.41, 5.74) is 0. The summed E-state index contributed by atoms with van der Waals surface area (Å²) in [7, 11) is 2.25. The molecular formula is C15H31N3. The van der Waals surface area contributed by atoms with Crippen LogP contribution in [0.1, 0.15) is 33.1 Å². The van der Waals surface area contributed by atoms with Crippen LogP contribution in [0.15, 0.2) is 0 Å². The van der Waals surface area contributed by atoms with Crippen LogP contribution in [0, 0.1) is 11.8 Å². The monoisotopic (exact) mass is 253 g/mol. The average molecular weight is 253 g/mol. The molecule has 106 valence electrons. The van der Waals surface area contributed by atoms with Crippen molar-refractivity contribution in [2.75, 3.05) is 46.3 Å². The predicted octanol–water partition coefficient (Wildman–Crippen LogP) is 1.65. The summed E-state index contributed by atoms with van der Waals surface area (Å²) in [6, 6.07) is 0.753. The third-order valence-corrected chi connectivity index (χ3v) is 4.81. The van der Waals surface area contributed by atoms with Crippen molar-refractivity contribution in [2.45, 2.75) is 39.2 Å². The molecule has 0 amide bonds. The number of nitrogens with one attached hydrogen (secondary N) is 1. The van der Waals surface area contributed by atoms with Crippen LogP contribution in [0.5, 0.6) is 0 Å². The normalized spacial score (nSPS) is 32.8. The summed E-state index contributed by atoms with van der Waals surface area (Å²) in [5.74, 6) is 1.76. The van der Waals surface area contributed by atoms with Gasteiger partial charge in [0.25, 0.3) is 0 Å². The molecule has 1 N–H and O–H groups in total. The fourth-order valence-electron chi connectivity index (χ4n) is 3.57. The van der Waals surface area contributed by atoms with Gasteiger partial charge in [0.1, 0.15) is 0 Å². The number of hydrogen-bond donors (Lipinski definition) is 1. The van der Waals surface area contributed by atoms with E-state index in [1.54, 1.807) is 0 Å². The lowest BCUT2D eigenvalue weighted by molar-refractivity contribution is 0.107. The second-order valence-electron chi connectivity index (χ2n) is 6.44. The molecule has 2 saturated heterocycles. The molecule has 2 unspecified atom stereocenters. The molecule has 0 bridgehead atoms. The molecule has 3 nitrogen and oxygen atoms in total. The highest BCUT2D eigenvalue weighted by atomic mass is 15.2. The van der Waals surface area contributed by atoms with Crippen molar-refractivity contribution in [1.82, 2.24) is 15.1 Å². The molecule has 0 aliphatic carbocycles. The van der Waals surface area contributed by atoms with Crippen LogP contribution in [-0.4, -0.2) is 62.2 Å². The molecule has 2 rings (SSSR count). The van der Waals surface area contributed by atoms with Gasteiger partial charge in [0.2, 0.25) is 0 Å². The Kier molecular flexibility index (Phi) is 5.46. The van der Waals surface area contributed by atoms with E-state index in [-0.39, 0.29) is 0 Å². The highest BCUT2D eigenvalue weighted by molar-refractivity contribution is 4.84. The van der Waals surface area contributed by atoms with Crippen molar-refractivity contribution in [3.63, 3.8) is 0 Å². The minimum atomic E-state index is 0.753. The van der Waals surface area contributed by atoms with E-state index in [0.29, 0.717) is 0 Å². The van der Waals surface area contributed by atoms with Gasteiger partial charge in [-0.2, -0.15) is 0 Å². The third-order valence-electron chi connectivity index (χ3n) is 4.81. The van der Waals surface area contributed by atoms with E-state index in [1.165, 1.54) is 52.0 Å². The van der Waals surface area contributed by atoms with Gasteiger partial charge in [-0.1, -0.05) is 13.8 Å². The molecule has 0 aromatic heterocycles. The third kappa shape index (κ3) is 3.94.